The highest BCUT2D eigenvalue weighted by Crippen LogP contribution is 2.11. The van der Waals surface area contributed by atoms with E-state index < -0.39 is 0 Å². The molecule has 0 radical (unpaired) electrons. The number of amides is 1. The second-order valence-corrected chi connectivity index (χ2v) is 5.68. The van der Waals surface area contributed by atoms with E-state index in [2.05, 4.69) is 34.4 Å². The molecule has 0 saturated heterocycles. The topological polar surface area (TPSA) is 45.2 Å². The number of carbonyl (C=O) groups is 1. The number of hydrogen-bond acceptors (Lipinski definition) is 3. The third kappa shape index (κ3) is 6.51. The number of hydrogen-bond donors (Lipinski definition) is 1. The highest BCUT2D eigenvalue weighted by molar-refractivity contribution is 5.76. The number of benzene rings is 1. The lowest BCUT2D eigenvalue weighted by molar-refractivity contribution is -0.121. The van der Waals surface area contributed by atoms with Gasteiger partial charge >= 0.3 is 0 Å². The number of unbranched alkanes of at least 4 members (excludes halogenated alkanes) is 1. The van der Waals surface area contributed by atoms with E-state index in [0.717, 1.165) is 37.9 Å². The monoisotopic (exact) mass is 311 g/mol. The van der Waals surface area contributed by atoms with Gasteiger partial charge < -0.3 is 10.2 Å². The summed E-state index contributed by atoms with van der Waals surface area (Å²) >= 11 is 0. The second kappa shape index (κ2) is 9.62. The van der Waals surface area contributed by atoms with Gasteiger partial charge in [-0.05, 0) is 43.0 Å². The smallest absolute Gasteiger partial charge is 0.220 e. The maximum absolute atomic E-state index is 11.8. The lowest BCUT2D eigenvalue weighted by Crippen LogP contribution is -2.26. The van der Waals surface area contributed by atoms with Crippen LogP contribution in [0.1, 0.15) is 24.8 Å². The first-order valence-electron chi connectivity index (χ1n) is 8.17. The second-order valence-electron chi connectivity index (χ2n) is 5.68. The van der Waals surface area contributed by atoms with Crippen LogP contribution in [0, 0.1) is 0 Å². The van der Waals surface area contributed by atoms with Crippen molar-refractivity contribution in [2.75, 3.05) is 25.0 Å². The molecule has 4 heteroatoms. The molecule has 0 atom stereocenters. The Labute approximate surface area is 138 Å². The van der Waals surface area contributed by atoms with Crippen LogP contribution in [0.25, 0.3) is 0 Å². The molecular formula is C19H25N3O. The lowest BCUT2D eigenvalue weighted by atomic mass is 10.1. The molecule has 2 rings (SSSR count). The van der Waals surface area contributed by atoms with Crippen molar-refractivity contribution in [2.24, 2.45) is 0 Å². The number of nitrogens with zero attached hydrogens (tertiary/aromatic N) is 2. The zero-order valence-electron chi connectivity index (χ0n) is 13.7. The Balaban J connectivity index is 1.54. The summed E-state index contributed by atoms with van der Waals surface area (Å²) in [6.45, 7) is 1.74. The van der Waals surface area contributed by atoms with Crippen molar-refractivity contribution in [1.29, 1.82) is 0 Å². The van der Waals surface area contributed by atoms with Crippen LogP contribution in [-0.2, 0) is 11.2 Å². The Hall–Kier alpha value is -2.36. The average molecular weight is 311 g/mol. The Morgan fingerprint density at radius 2 is 1.96 bits per heavy atom. The van der Waals surface area contributed by atoms with Gasteiger partial charge in [0.25, 0.3) is 0 Å². The van der Waals surface area contributed by atoms with Crippen molar-refractivity contribution in [1.82, 2.24) is 10.3 Å². The van der Waals surface area contributed by atoms with E-state index in [0.29, 0.717) is 6.42 Å². The number of nitrogens with one attached hydrogen (secondary N) is 1. The molecule has 0 aliphatic rings. The van der Waals surface area contributed by atoms with Crippen LogP contribution >= 0.6 is 0 Å². The zero-order chi connectivity index (χ0) is 16.3. The number of anilines is 1. The van der Waals surface area contributed by atoms with Crippen molar-refractivity contribution in [2.45, 2.75) is 25.7 Å². The number of rotatable bonds is 9. The summed E-state index contributed by atoms with van der Waals surface area (Å²) in [5, 5.41) is 2.99. The van der Waals surface area contributed by atoms with Crippen LogP contribution in [0.2, 0.25) is 0 Å². The average Bonchev–Trinajstić information content (AvgIpc) is 2.61. The van der Waals surface area contributed by atoms with Crippen molar-refractivity contribution < 1.29 is 4.79 Å². The van der Waals surface area contributed by atoms with E-state index >= 15 is 0 Å². The van der Waals surface area contributed by atoms with Gasteiger partial charge in [-0.25, -0.2) is 0 Å². The first-order chi connectivity index (χ1) is 11.3. The fourth-order valence-electron chi connectivity index (χ4n) is 2.41. The van der Waals surface area contributed by atoms with Gasteiger partial charge in [0.15, 0.2) is 0 Å². The molecule has 4 nitrogen and oxygen atoms in total. The van der Waals surface area contributed by atoms with Crippen LogP contribution in [0.5, 0.6) is 0 Å². The maximum Gasteiger partial charge on any atom is 0.220 e. The zero-order valence-corrected chi connectivity index (χ0v) is 13.7. The van der Waals surface area contributed by atoms with Gasteiger partial charge in [-0.15, -0.1) is 0 Å². The van der Waals surface area contributed by atoms with Gasteiger partial charge in [0.2, 0.25) is 5.91 Å². The van der Waals surface area contributed by atoms with Crippen LogP contribution < -0.4 is 10.2 Å². The molecule has 0 fully saturated rings. The molecule has 0 bridgehead atoms. The standard InChI is InChI=1S/C19H25N3O/c1-22(18-9-3-2-4-10-18)15-6-5-14-21-19(23)12-11-17-8-7-13-20-16-17/h2-4,7-10,13,16H,5-6,11-12,14-15H2,1H3,(H,21,23). The molecule has 0 spiro atoms. The Kier molecular flexibility index (Phi) is 7.11. The van der Waals surface area contributed by atoms with E-state index in [1.54, 1.807) is 6.20 Å². The normalized spacial score (nSPS) is 10.3. The molecular weight excluding hydrogens is 286 g/mol. The summed E-state index contributed by atoms with van der Waals surface area (Å²) in [5.41, 5.74) is 2.33. The Bertz CT molecular complexity index is 572. The predicted molar refractivity (Wildman–Crippen MR) is 94.5 cm³/mol. The summed E-state index contributed by atoms with van der Waals surface area (Å²) < 4.78 is 0. The van der Waals surface area contributed by atoms with E-state index in [9.17, 15) is 4.79 Å². The van der Waals surface area contributed by atoms with Crippen LogP contribution in [0.4, 0.5) is 5.69 Å². The SMILES string of the molecule is CN(CCCCNC(=O)CCc1cccnc1)c1ccccc1. The molecule has 122 valence electrons. The maximum atomic E-state index is 11.8. The minimum atomic E-state index is 0.116. The van der Waals surface area contributed by atoms with Gasteiger partial charge in [0.05, 0.1) is 0 Å². The minimum Gasteiger partial charge on any atom is -0.375 e. The van der Waals surface area contributed by atoms with E-state index in [1.807, 2.05) is 36.5 Å². The summed E-state index contributed by atoms with van der Waals surface area (Å²) in [7, 11) is 2.10. The third-order valence-corrected chi connectivity index (χ3v) is 3.80. The quantitative estimate of drug-likeness (QED) is 0.724. The predicted octanol–water partition coefficient (Wildman–Crippen LogP) is 3.05. The molecule has 2 aromatic rings. The first-order valence-corrected chi connectivity index (χ1v) is 8.17. The van der Waals surface area contributed by atoms with Crippen molar-refractivity contribution >= 4 is 11.6 Å². The molecule has 0 aliphatic heterocycles. The molecule has 23 heavy (non-hydrogen) atoms. The van der Waals surface area contributed by atoms with Gasteiger partial charge in [-0.3, -0.25) is 9.78 Å². The molecule has 1 heterocycles. The van der Waals surface area contributed by atoms with E-state index in [4.69, 9.17) is 0 Å². The molecule has 0 unspecified atom stereocenters. The van der Waals surface area contributed by atoms with Crippen molar-refractivity contribution in [3.05, 3.63) is 60.4 Å². The van der Waals surface area contributed by atoms with Gasteiger partial charge in [-0.1, -0.05) is 24.3 Å². The first kappa shape index (κ1) is 17.0. The molecule has 1 aromatic heterocycles. The van der Waals surface area contributed by atoms with Crippen LogP contribution in [0.15, 0.2) is 54.9 Å². The molecule has 1 N–H and O–H groups in total. The Morgan fingerprint density at radius 3 is 2.70 bits per heavy atom. The summed E-state index contributed by atoms with van der Waals surface area (Å²) in [4.78, 5) is 18.1. The van der Waals surface area contributed by atoms with E-state index in [-0.39, 0.29) is 5.91 Å². The number of pyridine rings is 1. The van der Waals surface area contributed by atoms with Crippen LogP contribution in [0.3, 0.4) is 0 Å². The third-order valence-electron chi connectivity index (χ3n) is 3.80. The lowest BCUT2D eigenvalue weighted by Gasteiger charge is -2.19. The van der Waals surface area contributed by atoms with E-state index in [1.165, 1.54) is 5.69 Å². The number of aryl methyl sites for hydroxylation is 1. The van der Waals surface area contributed by atoms with Gasteiger partial charge in [0, 0.05) is 44.6 Å². The fourth-order valence-corrected chi connectivity index (χ4v) is 2.41. The largest absolute Gasteiger partial charge is 0.375 e. The highest BCUT2D eigenvalue weighted by atomic mass is 16.1. The summed E-state index contributed by atoms with van der Waals surface area (Å²) in [6, 6.07) is 14.2. The highest BCUT2D eigenvalue weighted by Gasteiger charge is 2.03. The number of carbonyl (C=O) groups excluding carboxylic acids is 1. The summed E-state index contributed by atoms with van der Waals surface area (Å²) in [6.07, 6.45) is 6.89. The number of aromatic nitrogens is 1. The van der Waals surface area contributed by atoms with Gasteiger partial charge in [0.1, 0.15) is 0 Å². The Morgan fingerprint density at radius 1 is 1.13 bits per heavy atom. The van der Waals surface area contributed by atoms with Gasteiger partial charge in [-0.2, -0.15) is 0 Å². The van der Waals surface area contributed by atoms with Crippen molar-refractivity contribution in [3.63, 3.8) is 0 Å². The molecule has 1 amide bonds. The van der Waals surface area contributed by atoms with Crippen molar-refractivity contribution in [3.8, 4) is 0 Å². The molecule has 1 aromatic carbocycles. The molecule has 0 saturated carbocycles. The summed E-state index contributed by atoms with van der Waals surface area (Å²) in [5.74, 6) is 0.116. The van der Waals surface area contributed by atoms with Crippen LogP contribution in [-0.4, -0.2) is 31.0 Å². The minimum absolute atomic E-state index is 0.116. The molecule has 0 aliphatic carbocycles. The number of para-hydroxylation sites is 1. The fraction of sp³-hybridized carbons (Fsp3) is 0.368.